The van der Waals surface area contributed by atoms with Crippen molar-refractivity contribution >= 4 is 28.4 Å². The molecule has 5 N–H and O–H groups in total. The fourth-order valence-corrected chi connectivity index (χ4v) is 3.97. The summed E-state index contributed by atoms with van der Waals surface area (Å²) in [6, 6.07) is 8.25. The zero-order chi connectivity index (χ0) is 23.4. The van der Waals surface area contributed by atoms with E-state index in [1.54, 1.807) is 11.2 Å². The van der Waals surface area contributed by atoms with E-state index in [0.29, 0.717) is 12.2 Å². The number of nitrogens with two attached hydrogens (primary N) is 2. The molecule has 4 rings (SSSR count). The molecule has 0 amide bonds. The van der Waals surface area contributed by atoms with Crippen LogP contribution < -0.4 is 21.8 Å². The van der Waals surface area contributed by atoms with Gasteiger partial charge in [0.15, 0.2) is 11.5 Å². The lowest BCUT2D eigenvalue weighted by atomic mass is 10.0. The molecule has 0 aliphatic heterocycles. The van der Waals surface area contributed by atoms with Gasteiger partial charge in [-0.15, -0.1) is 0 Å². The molecule has 8 nitrogen and oxygen atoms in total. The first-order valence-corrected chi connectivity index (χ1v) is 11.1. The molecule has 3 aromatic rings. The molecule has 1 unspecified atom stereocenters. The van der Waals surface area contributed by atoms with E-state index in [-0.39, 0.29) is 6.04 Å². The monoisotopic (exact) mass is 444 g/mol. The van der Waals surface area contributed by atoms with Gasteiger partial charge < -0.3 is 21.0 Å². The lowest BCUT2D eigenvalue weighted by molar-refractivity contribution is 0.485. The molecule has 0 fully saturated rings. The van der Waals surface area contributed by atoms with Crippen molar-refractivity contribution < 1.29 is 0 Å². The molecule has 0 saturated carbocycles. The number of nitrogens with one attached hydrogen (secondary N) is 1. The summed E-state index contributed by atoms with van der Waals surface area (Å²) in [5.74, 6) is 6.70. The number of benzene rings is 1. The minimum Gasteiger partial charge on any atom is -0.378 e. The van der Waals surface area contributed by atoms with E-state index in [1.165, 1.54) is 5.57 Å². The Kier molecular flexibility index (Phi) is 6.76. The van der Waals surface area contributed by atoms with Crippen LogP contribution in [0.15, 0.2) is 72.9 Å². The molecule has 8 heteroatoms. The maximum absolute atomic E-state index is 6.23. The zero-order valence-electron chi connectivity index (χ0n) is 19.4. The molecule has 2 aromatic heterocycles. The Morgan fingerprint density at radius 1 is 1.27 bits per heavy atom. The van der Waals surface area contributed by atoms with Crippen LogP contribution in [0, 0.1) is 0 Å². The van der Waals surface area contributed by atoms with E-state index in [0.717, 1.165) is 41.1 Å². The highest BCUT2D eigenvalue weighted by Gasteiger charge is 2.15. The van der Waals surface area contributed by atoms with Gasteiger partial charge in [0.1, 0.15) is 0 Å². The molecule has 1 aromatic carbocycles. The van der Waals surface area contributed by atoms with E-state index >= 15 is 0 Å². The summed E-state index contributed by atoms with van der Waals surface area (Å²) in [6.07, 6.45) is 16.6. The molecule has 0 radical (unpaired) electrons. The van der Waals surface area contributed by atoms with Crippen molar-refractivity contribution in [2.24, 2.45) is 11.6 Å². The van der Waals surface area contributed by atoms with Gasteiger partial charge in [-0.05, 0) is 42.2 Å². The molecular formula is C25H32N8. The first-order chi connectivity index (χ1) is 15.9. The molecule has 2 heterocycles. The minimum atomic E-state index is 0.0620. The maximum Gasteiger partial charge on any atom is 0.180 e. The Balaban J connectivity index is 1.69. The summed E-state index contributed by atoms with van der Waals surface area (Å²) < 4.78 is 2.04. The van der Waals surface area contributed by atoms with Gasteiger partial charge in [-0.25, -0.2) is 15.8 Å². The molecule has 172 valence electrons. The predicted molar refractivity (Wildman–Crippen MR) is 136 cm³/mol. The molecule has 1 atom stereocenters. The average molecular weight is 445 g/mol. The largest absolute Gasteiger partial charge is 0.378 e. The van der Waals surface area contributed by atoms with E-state index in [2.05, 4.69) is 45.6 Å². The number of nitrogens with zero attached hydrogens (tertiary/aromatic N) is 5. The van der Waals surface area contributed by atoms with Gasteiger partial charge in [-0.3, -0.25) is 4.40 Å². The van der Waals surface area contributed by atoms with Crippen LogP contribution in [0.25, 0.3) is 11.2 Å². The highest BCUT2D eigenvalue weighted by Crippen LogP contribution is 2.28. The van der Waals surface area contributed by atoms with Crippen molar-refractivity contribution in [1.29, 1.82) is 0 Å². The van der Waals surface area contributed by atoms with Gasteiger partial charge in [0.05, 0.1) is 11.9 Å². The van der Waals surface area contributed by atoms with Crippen LogP contribution in [-0.2, 0) is 0 Å². The van der Waals surface area contributed by atoms with Gasteiger partial charge in [-0.2, -0.15) is 0 Å². The number of aromatic nitrogens is 3. The number of imidazole rings is 1. The van der Waals surface area contributed by atoms with E-state index in [9.17, 15) is 0 Å². The Morgan fingerprint density at radius 2 is 2.12 bits per heavy atom. The topological polar surface area (TPSA) is 101 Å². The molecule has 1 aliphatic rings. The molecular weight excluding hydrogens is 412 g/mol. The summed E-state index contributed by atoms with van der Waals surface area (Å²) in [5.41, 5.74) is 12.2. The predicted octanol–water partition coefficient (Wildman–Crippen LogP) is 3.68. The molecule has 33 heavy (non-hydrogen) atoms. The number of anilines is 3. The van der Waals surface area contributed by atoms with E-state index in [4.69, 9.17) is 16.6 Å². The number of allylic oxidation sites excluding steroid dienone is 4. The first kappa shape index (κ1) is 22.6. The quantitative estimate of drug-likeness (QED) is 0.377. The average Bonchev–Trinajstić information content (AvgIpc) is 3.10. The highest BCUT2D eigenvalue weighted by molar-refractivity contribution is 5.75. The van der Waals surface area contributed by atoms with Crippen molar-refractivity contribution in [3.8, 4) is 0 Å². The fourth-order valence-electron chi connectivity index (χ4n) is 3.97. The SMILES string of the molecule is CN(N)/C=C(\CC1=CC(N)CCC=C1)c1cnc2c(Nc3cccc(N(C)C)c3)nccn12. The van der Waals surface area contributed by atoms with Crippen LogP contribution >= 0.6 is 0 Å². The second-order valence-electron chi connectivity index (χ2n) is 8.56. The third-order valence-corrected chi connectivity index (χ3v) is 5.56. The lowest BCUT2D eigenvalue weighted by Crippen LogP contribution is -2.19. The van der Waals surface area contributed by atoms with Gasteiger partial charge in [-0.1, -0.05) is 24.3 Å². The van der Waals surface area contributed by atoms with Crippen molar-refractivity contribution in [2.45, 2.75) is 25.3 Å². The van der Waals surface area contributed by atoms with Gasteiger partial charge in [0, 0.05) is 63.6 Å². The first-order valence-electron chi connectivity index (χ1n) is 11.1. The number of hydrogen-bond donors (Lipinski definition) is 3. The minimum absolute atomic E-state index is 0.0620. The Bertz CT molecular complexity index is 1200. The second kappa shape index (κ2) is 9.89. The Morgan fingerprint density at radius 3 is 2.91 bits per heavy atom. The Labute approximate surface area is 194 Å². The number of hydrogen-bond acceptors (Lipinski definition) is 7. The van der Waals surface area contributed by atoms with E-state index in [1.807, 2.05) is 56.3 Å². The van der Waals surface area contributed by atoms with Gasteiger partial charge in [0.2, 0.25) is 0 Å². The van der Waals surface area contributed by atoms with Gasteiger partial charge >= 0.3 is 0 Å². The number of rotatable bonds is 7. The van der Waals surface area contributed by atoms with Gasteiger partial charge in [0.25, 0.3) is 0 Å². The number of fused-ring (bicyclic) bond motifs is 1. The van der Waals surface area contributed by atoms with Crippen LogP contribution in [0.3, 0.4) is 0 Å². The summed E-state index contributed by atoms with van der Waals surface area (Å²) in [5, 5.41) is 4.99. The van der Waals surface area contributed by atoms with Crippen LogP contribution in [0.4, 0.5) is 17.2 Å². The second-order valence-corrected chi connectivity index (χ2v) is 8.56. The standard InChI is InChI=1S/C25H32N8/c1-31(2)22-10-6-9-21(15-22)30-24-25-29-16-23(33(25)12-11-28-24)19(17-32(3)27)13-18-7-4-5-8-20(26)14-18/h4,6-7,9-12,14-17,20H,5,8,13,26-27H2,1-3H3,(H,28,30)/b19-17+. The highest BCUT2D eigenvalue weighted by atomic mass is 15.4. The molecule has 0 bridgehead atoms. The normalized spacial score (nSPS) is 16.5. The van der Waals surface area contributed by atoms with Crippen molar-refractivity contribution in [3.05, 3.63) is 78.6 Å². The van der Waals surface area contributed by atoms with Crippen LogP contribution in [-0.4, -0.2) is 46.6 Å². The summed E-state index contributed by atoms with van der Waals surface area (Å²) >= 11 is 0. The smallest absolute Gasteiger partial charge is 0.180 e. The maximum atomic E-state index is 6.23. The van der Waals surface area contributed by atoms with Crippen LogP contribution in [0.1, 0.15) is 25.0 Å². The zero-order valence-corrected chi connectivity index (χ0v) is 19.4. The lowest BCUT2D eigenvalue weighted by Gasteiger charge is -2.15. The third kappa shape index (κ3) is 5.42. The van der Waals surface area contributed by atoms with Crippen molar-refractivity contribution in [2.75, 3.05) is 31.4 Å². The molecule has 0 saturated heterocycles. The Hall–Kier alpha value is -3.62. The summed E-state index contributed by atoms with van der Waals surface area (Å²) in [6.45, 7) is 0. The van der Waals surface area contributed by atoms with Crippen LogP contribution in [0.2, 0.25) is 0 Å². The van der Waals surface area contributed by atoms with Crippen molar-refractivity contribution in [1.82, 2.24) is 19.4 Å². The summed E-state index contributed by atoms with van der Waals surface area (Å²) in [4.78, 5) is 11.3. The third-order valence-electron chi connectivity index (χ3n) is 5.56. The molecule has 1 aliphatic carbocycles. The molecule has 0 spiro atoms. The number of hydrazine groups is 1. The fraction of sp³-hybridized carbons (Fsp3) is 0.280. The van der Waals surface area contributed by atoms with E-state index < -0.39 is 0 Å². The summed E-state index contributed by atoms with van der Waals surface area (Å²) in [7, 11) is 5.86. The van der Waals surface area contributed by atoms with Crippen molar-refractivity contribution in [3.63, 3.8) is 0 Å². The van der Waals surface area contributed by atoms with Crippen LogP contribution in [0.5, 0.6) is 0 Å².